The Bertz CT molecular complexity index is 431. The first-order valence-corrected chi connectivity index (χ1v) is 4.98. The van der Waals surface area contributed by atoms with Gasteiger partial charge in [0.1, 0.15) is 0 Å². The lowest BCUT2D eigenvalue weighted by molar-refractivity contribution is 0.795. The highest BCUT2D eigenvalue weighted by molar-refractivity contribution is 5.90. The molecule has 1 aromatic heterocycles. The largest absolute Gasteiger partial charge is 0.368 e. The number of benzene rings is 1. The lowest BCUT2D eigenvalue weighted by atomic mass is 10.2. The molecule has 0 fully saturated rings. The summed E-state index contributed by atoms with van der Waals surface area (Å²) in [6.07, 6.45) is 1.12. The van der Waals surface area contributed by atoms with E-state index in [1.807, 2.05) is 23.9 Å². The van der Waals surface area contributed by atoms with Crippen LogP contribution >= 0.6 is 0 Å². The highest BCUT2D eigenvalue weighted by Crippen LogP contribution is 2.21. The van der Waals surface area contributed by atoms with Gasteiger partial charge in [0.2, 0.25) is 0 Å². The van der Waals surface area contributed by atoms with Gasteiger partial charge in [-0.2, -0.15) is 5.10 Å². The van der Waals surface area contributed by atoms with E-state index < -0.39 is 0 Å². The SMILES string of the molecule is CCCNc1nn(C)c2ccccc12. The molecule has 0 aliphatic heterocycles. The molecule has 0 atom stereocenters. The Morgan fingerprint density at radius 2 is 2.14 bits per heavy atom. The molecule has 0 radical (unpaired) electrons. The van der Waals surface area contributed by atoms with Crippen LogP contribution in [0.1, 0.15) is 13.3 Å². The average molecular weight is 189 g/mol. The maximum atomic E-state index is 4.43. The van der Waals surface area contributed by atoms with Crippen molar-refractivity contribution in [2.24, 2.45) is 7.05 Å². The molecule has 2 rings (SSSR count). The summed E-state index contributed by atoms with van der Waals surface area (Å²) in [6, 6.07) is 8.26. The molecule has 3 nitrogen and oxygen atoms in total. The summed E-state index contributed by atoms with van der Waals surface area (Å²) >= 11 is 0. The fourth-order valence-electron chi connectivity index (χ4n) is 1.59. The van der Waals surface area contributed by atoms with E-state index in [4.69, 9.17) is 0 Å². The Kier molecular flexibility index (Phi) is 2.39. The molecule has 1 heterocycles. The molecule has 0 amide bonds. The molecule has 1 aromatic carbocycles. The quantitative estimate of drug-likeness (QED) is 0.803. The highest BCUT2D eigenvalue weighted by atomic mass is 15.3. The minimum Gasteiger partial charge on any atom is -0.368 e. The van der Waals surface area contributed by atoms with Gasteiger partial charge in [-0.3, -0.25) is 4.68 Å². The zero-order valence-corrected chi connectivity index (χ0v) is 8.62. The van der Waals surface area contributed by atoms with Gasteiger partial charge in [-0.05, 0) is 18.6 Å². The van der Waals surface area contributed by atoms with Crippen LogP contribution in [0.15, 0.2) is 24.3 Å². The first kappa shape index (κ1) is 9.06. The van der Waals surface area contributed by atoms with Crippen molar-refractivity contribution in [1.82, 2.24) is 9.78 Å². The summed E-state index contributed by atoms with van der Waals surface area (Å²) in [5.74, 6) is 0.991. The molecule has 2 aromatic rings. The Morgan fingerprint density at radius 1 is 1.36 bits per heavy atom. The molecule has 0 spiro atoms. The molecule has 0 saturated carbocycles. The van der Waals surface area contributed by atoms with Crippen molar-refractivity contribution in [2.45, 2.75) is 13.3 Å². The second kappa shape index (κ2) is 3.70. The summed E-state index contributed by atoms with van der Waals surface area (Å²) in [6.45, 7) is 3.12. The smallest absolute Gasteiger partial charge is 0.155 e. The topological polar surface area (TPSA) is 29.9 Å². The minimum absolute atomic E-state index is 0.973. The fourth-order valence-corrected chi connectivity index (χ4v) is 1.59. The number of hydrogen-bond acceptors (Lipinski definition) is 2. The number of anilines is 1. The minimum atomic E-state index is 0.973. The Hall–Kier alpha value is -1.51. The van der Waals surface area contributed by atoms with Crippen molar-refractivity contribution in [1.29, 1.82) is 0 Å². The molecule has 0 aliphatic rings. The number of para-hydroxylation sites is 1. The zero-order chi connectivity index (χ0) is 9.97. The van der Waals surface area contributed by atoms with Crippen LogP contribution < -0.4 is 5.32 Å². The number of nitrogens with zero attached hydrogens (tertiary/aromatic N) is 2. The van der Waals surface area contributed by atoms with Crippen LogP contribution in [0.2, 0.25) is 0 Å². The normalized spacial score (nSPS) is 10.7. The van der Waals surface area contributed by atoms with Crippen molar-refractivity contribution in [3.05, 3.63) is 24.3 Å². The Morgan fingerprint density at radius 3 is 2.93 bits per heavy atom. The van der Waals surface area contributed by atoms with Gasteiger partial charge in [-0.1, -0.05) is 19.1 Å². The molecule has 0 aliphatic carbocycles. The molecule has 1 N–H and O–H groups in total. The third-order valence-electron chi connectivity index (χ3n) is 2.30. The van der Waals surface area contributed by atoms with Crippen LogP contribution in [0, 0.1) is 0 Å². The van der Waals surface area contributed by atoms with Crippen molar-refractivity contribution >= 4 is 16.7 Å². The van der Waals surface area contributed by atoms with Crippen molar-refractivity contribution < 1.29 is 0 Å². The van der Waals surface area contributed by atoms with Crippen LogP contribution in [0.3, 0.4) is 0 Å². The van der Waals surface area contributed by atoms with Crippen LogP contribution in [0.4, 0.5) is 5.82 Å². The van der Waals surface area contributed by atoms with E-state index in [9.17, 15) is 0 Å². The van der Waals surface area contributed by atoms with E-state index in [0.717, 1.165) is 18.8 Å². The summed E-state index contributed by atoms with van der Waals surface area (Å²) in [5.41, 5.74) is 1.17. The maximum absolute atomic E-state index is 4.43. The molecular weight excluding hydrogens is 174 g/mol. The molecular formula is C11H15N3. The third kappa shape index (κ3) is 1.45. The van der Waals surface area contributed by atoms with Gasteiger partial charge >= 0.3 is 0 Å². The second-order valence-electron chi connectivity index (χ2n) is 3.42. The van der Waals surface area contributed by atoms with E-state index in [2.05, 4.69) is 29.5 Å². The lowest BCUT2D eigenvalue weighted by Gasteiger charge is -1.99. The van der Waals surface area contributed by atoms with Gasteiger partial charge in [-0.25, -0.2) is 0 Å². The van der Waals surface area contributed by atoms with Gasteiger partial charge in [0.15, 0.2) is 5.82 Å². The van der Waals surface area contributed by atoms with Gasteiger partial charge in [0, 0.05) is 19.0 Å². The van der Waals surface area contributed by atoms with Crippen LogP contribution in [-0.2, 0) is 7.05 Å². The summed E-state index contributed by atoms with van der Waals surface area (Å²) in [4.78, 5) is 0. The summed E-state index contributed by atoms with van der Waals surface area (Å²) < 4.78 is 1.91. The monoisotopic (exact) mass is 189 g/mol. The molecule has 3 heteroatoms. The number of aryl methyl sites for hydroxylation is 1. The van der Waals surface area contributed by atoms with Gasteiger partial charge in [-0.15, -0.1) is 0 Å². The summed E-state index contributed by atoms with van der Waals surface area (Å²) in [5, 5.41) is 8.96. The Balaban J connectivity index is 2.44. The first-order chi connectivity index (χ1) is 6.83. The molecule has 74 valence electrons. The second-order valence-corrected chi connectivity index (χ2v) is 3.42. The van der Waals surface area contributed by atoms with E-state index in [-0.39, 0.29) is 0 Å². The average Bonchev–Trinajstić information content (AvgIpc) is 2.54. The molecule has 0 bridgehead atoms. The van der Waals surface area contributed by atoms with Crippen molar-refractivity contribution in [3.8, 4) is 0 Å². The van der Waals surface area contributed by atoms with E-state index in [0.29, 0.717) is 0 Å². The first-order valence-electron chi connectivity index (χ1n) is 4.98. The standard InChI is InChI=1S/C11H15N3/c1-3-8-12-11-9-6-4-5-7-10(9)14(2)13-11/h4-7H,3,8H2,1-2H3,(H,12,13). The highest BCUT2D eigenvalue weighted by Gasteiger charge is 2.05. The lowest BCUT2D eigenvalue weighted by Crippen LogP contribution is -2.01. The van der Waals surface area contributed by atoms with Gasteiger partial charge in [0.25, 0.3) is 0 Å². The van der Waals surface area contributed by atoms with Crippen LogP contribution in [-0.4, -0.2) is 16.3 Å². The van der Waals surface area contributed by atoms with E-state index >= 15 is 0 Å². The number of fused-ring (bicyclic) bond motifs is 1. The molecule has 14 heavy (non-hydrogen) atoms. The van der Waals surface area contributed by atoms with Crippen molar-refractivity contribution in [3.63, 3.8) is 0 Å². The van der Waals surface area contributed by atoms with Crippen LogP contribution in [0.25, 0.3) is 10.9 Å². The van der Waals surface area contributed by atoms with Gasteiger partial charge in [0.05, 0.1) is 5.52 Å². The number of nitrogens with one attached hydrogen (secondary N) is 1. The molecule has 0 saturated heterocycles. The van der Waals surface area contributed by atoms with E-state index in [1.54, 1.807) is 0 Å². The van der Waals surface area contributed by atoms with E-state index in [1.165, 1.54) is 10.9 Å². The van der Waals surface area contributed by atoms with Crippen molar-refractivity contribution in [2.75, 3.05) is 11.9 Å². The number of aromatic nitrogens is 2. The van der Waals surface area contributed by atoms with Gasteiger partial charge < -0.3 is 5.32 Å². The number of hydrogen-bond donors (Lipinski definition) is 1. The summed E-state index contributed by atoms with van der Waals surface area (Å²) in [7, 11) is 1.97. The third-order valence-corrected chi connectivity index (χ3v) is 2.30. The maximum Gasteiger partial charge on any atom is 0.155 e. The fraction of sp³-hybridized carbons (Fsp3) is 0.364. The number of rotatable bonds is 3. The predicted molar refractivity (Wildman–Crippen MR) is 59.5 cm³/mol. The molecule has 0 unspecified atom stereocenters. The van der Waals surface area contributed by atoms with Crippen LogP contribution in [0.5, 0.6) is 0 Å². The predicted octanol–water partition coefficient (Wildman–Crippen LogP) is 2.40. The zero-order valence-electron chi connectivity index (χ0n) is 8.62. The Labute approximate surface area is 83.7 Å².